The van der Waals surface area contributed by atoms with Crippen LogP contribution >= 0.6 is 13.5 Å². The molecular weight excluding hydrogens is 159 g/mol. The number of rotatable bonds is 0. The van der Waals surface area contributed by atoms with Crippen molar-refractivity contribution in [3.63, 3.8) is 0 Å². The quantitative estimate of drug-likeness (QED) is 0.346. The fourth-order valence-corrected chi connectivity index (χ4v) is 0. The van der Waals surface area contributed by atoms with E-state index in [4.69, 9.17) is 4.79 Å². The molecule has 0 aliphatic heterocycles. The minimum Gasteiger partial charge on any atom is -0.870 e. The topological polar surface area (TPSA) is 162 Å². The zero-order valence-electron chi connectivity index (χ0n) is 5.01. The van der Waals surface area contributed by atoms with Crippen LogP contribution in [0.1, 0.15) is 0 Å². The van der Waals surface area contributed by atoms with E-state index in [9.17, 15) is 0 Å². The third kappa shape index (κ3) is 1440. The van der Waals surface area contributed by atoms with Crippen molar-refractivity contribution in [1.29, 1.82) is 0 Å². The summed E-state index contributed by atoms with van der Waals surface area (Å²) >= 11 is 0. The minimum atomic E-state index is -0.833. The van der Waals surface area contributed by atoms with Gasteiger partial charge in [-0.2, -0.15) is 13.5 Å². The van der Waals surface area contributed by atoms with E-state index in [0.717, 1.165) is 0 Å². The molecule has 0 aromatic rings. The van der Waals surface area contributed by atoms with Crippen molar-refractivity contribution >= 4 is 19.5 Å². The van der Waals surface area contributed by atoms with E-state index in [1.54, 1.807) is 0 Å². The molecule has 0 heterocycles. The van der Waals surface area contributed by atoms with Gasteiger partial charge in [-0.1, -0.05) is 0 Å². The normalized spacial score (nSPS) is 2.67. The predicted octanol–water partition coefficient (Wildman–Crippen LogP) is -5.69. The number of carbonyl (C=O) groups is 1. The molecule has 0 saturated carbocycles. The molecule has 0 saturated heterocycles. The van der Waals surface area contributed by atoms with Gasteiger partial charge in [-0.25, -0.2) is 4.79 Å². The second-order valence-corrected chi connectivity index (χ2v) is 0.402. The standard InChI is InChI=1S/CH4N2O.Na.3H2O.H2S/c2-1(3)4;;;;;/h(H4,2,3,4);;4*1H2/q;+1;;;;/p-1. The number of carbonyl (C=O) groups excluding carboxylic acids is 1. The first-order valence-electron chi connectivity index (χ1n) is 0.781. The number of primary amides is 2. The molecule has 0 unspecified atom stereocenters. The summed E-state index contributed by atoms with van der Waals surface area (Å²) in [7, 11) is 0. The Hall–Kier alpha value is 0.500. The number of amides is 2. The zero-order valence-corrected chi connectivity index (χ0v) is 8.01. The van der Waals surface area contributed by atoms with E-state index in [1.807, 2.05) is 0 Å². The molecule has 9 heavy (non-hydrogen) atoms. The number of hydrogen-bond acceptors (Lipinski definition) is 2. The van der Waals surface area contributed by atoms with E-state index in [-0.39, 0.29) is 59.5 Å². The van der Waals surface area contributed by atoms with Gasteiger partial charge in [0.25, 0.3) is 0 Å². The van der Waals surface area contributed by atoms with E-state index in [0.29, 0.717) is 0 Å². The molecule has 8 heteroatoms. The van der Waals surface area contributed by atoms with Crippen LogP contribution in [0.15, 0.2) is 0 Å². The van der Waals surface area contributed by atoms with Crippen molar-refractivity contribution in [3.8, 4) is 0 Å². The SMILES string of the molecule is NC(N)=O.O.O.S.[Na+].[OH-]. The molecule has 0 rings (SSSR count). The monoisotopic (exact) mass is 170 g/mol. The van der Waals surface area contributed by atoms with Crippen LogP contribution < -0.4 is 41.0 Å². The Labute approximate surface area is 81.6 Å². The molecule has 0 aromatic heterocycles. The van der Waals surface area contributed by atoms with Gasteiger partial charge in [0, 0.05) is 0 Å². The predicted molar refractivity (Wildman–Crippen MR) is 33.3 cm³/mol. The fraction of sp³-hybridized carbons (Fsp3) is 0. The summed E-state index contributed by atoms with van der Waals surface area (Å²) in [5.74, 6) is 0. The molecule has 0 aliphatic carbocycles. The van der Waals surface area contributed by atoms with E-state index in [1.165, 1.54) is 0 Å². The maximum Gasteiger partial charge on any atom is 1.00 e. The van der Waals surface area contributed by atoms with Gasteiger partial charge < -0.3 is 27.9 Å². The first-order chi connectivity index (χ1) is 1.73. The Morgan fingerprint density at radius 1 is 1.11 bits per heavy atom. The van der Waals surface area contributed by atoms with Gasteiger partial charge in [-0.05, 0) is 0 Å². The van der Waals surface area contributed by atoms with Gasteiger partial charge in [0.2, 0.25) is 0 Å². The Kier molecular flexibility index (Phi) is 243. The Balaban J connectivity index is -0.00000000450. The third-order valence-corrected chi connectivity index (χ3v) is 0. The second-order valence-electron chi connectivity index (χ2n) is 0.402. The Morgan fingerprint density at radius 2 is 1.11 bits per heavy atom. The summed E-state index contributed by atoms with van der Waals surface area (Å²) in [6.07, 6.45) is 0. The number of hydrogen-bond donors (Lipinski definition) is 2. The summed E-state index contributed by atoms with van der Waals surface area (Å²) in [5.41, 5.74) is 8.50. The Morgan fingerprint density at radius 3 is 1.11 bits per heavy atom. The number of nitrogens with two attached hydrogens (primary N) is 2. The van der Waals surface area contributed by atoms with Crippen LogP contribution in [0.2, 0.25) is 0 Å². The van der Waals surface area contributed by atoms with Gasteiger partial charge in [0.15, 0.2) is 0 Å². The largest absolute Gasteiger partial charge is 1.00 e. The van der Waals surface area contributed by atoms with Crippen molar-refractivity contribution in [2.45, 2.75) is 0 Å². The van der Waals surface area contributed by atoms with Crippen LogP contribution in [-0.4, -0.2) is 22.5 Å². The smallest absolute Gasteiger partial charge is 0.870 e. The van der Waals surface area contributed by atoms with Crippen LogP contribution in [-0.2, 0) is 0 Å². The van der Waals surface area contributed by atoms with Crippen molar-refractivity contribution in [2.24, 2.45) is 11.5 Å². The second kappa shape index (κ2) is 39.0. The van der Waals surface area contributed by atoms with Crippen molar-refractivity contribution < 1.29 is 50.8 Å². The van der Waals surface area contributed by atoms with Crippen LogP contribution in [0.25, 0.3) is 0 Å². The molecule has 0 radical (unpaired) electrons. The molecule has 9 N–H and O–H groups in total. The fourth-order valence-electron chi connectivity index (χ4n) is 0. The maximum absolute atomic E-state index is 9.00. The average molecular weight is 170 g/mol. The molecule has 0 atom stereocenters. The zero-order chi connectivity index (χ0) is 3.58. The van der Waals surface area contributed by atoms with Gasteiger partial charge in [-0.3, -0.25) is 0 Å². The van der Waals surface area contributed by atoms with Crippen LogP contribution in [0.3, 0.4) is 0 Å². The van der Waals surface area contributed by atoms with E-state index in [2.05, 4.69) is 11.5 Å². The van der Waals surface area contributed by atoms with E-state index >= 15 is 0 Å². The van der Waals surface area contributed by atoms with Gasteiger partial charge >= 0.3 is 35.6 Å². The minimum absolute atomic E-state index is 0. The Bertz CT molecular complexity index is 41.5. The molecule has 0 bridgehead atoms. The van der Waals surface area contributed by atoms with Crippen LogP contribution in [0.5, 0.6) is 0 Å². The summed E-state index contributed by atoms with van der Waals surface area (Å²) < 4.78 is 0. The molecule has 0 spiro atoms. The summed E-state index contributed by atoms with van der Waals surface area (Å²) in [6.45, 7) is 0. The molecule has 6 nitrogen and oxygen atoms in total. The van der Waals surface area contributed by atoms with Crippen LogP contribution in [0, 0.1) is 0 Å². The first-order valence-corrected chi connectivity index (χ1v) is 0.781. The molecule has 0 fully saturated rings. The summed E-state index contributed by atoms with van der Waals surface area (Å²) in [4.78, 5) is 9.00. The van der Waals surface area contributed by atoms with Gasteiger partial charge in [-0.15, -0.1) is 0 Å². The maximum atomic E-state index is 9.00. The van der Waals surface area contributed by atoms with Crippen molar-refractivity contribution in [3.05, 3.63) is 0 Å². The molecule has 56 valence electrons. The average Bonchev–Trinajstić information content (AvgIpc) is 0.811. The third-order valence-electron chi connectivity index (χ3n) is 0. The number of urea groups is 1. The van der Waals surface area contributed by atoms with Gasteiger partial charge in [0.1, 0.15) is 0 Å². The molecule has 0 aromatic carbocycles. The van der Waals surface area contributed by atoms with Crippen LogP contribution in [0.4, 0.5) is 4.79 Å². The molecule has 0 aliphatic rings. The van der Waals surface area contributed by atoms with Crippen molar-refractivity contribution in [2.75, 3.05) is 0 Å². The first kappa shape index (κ1) is 56.0. The van der Waals surface area contributed by atoms with Gasteiger partial charge in [0.05, 0.1) is 0 Å². The molecule has 2 amide bonds. The van der Waals surface area contributed by atoms with E-state index < -0.39 is 6.03 Å². The summed E-state index contributed by atoms with van der Waals surface area (Å²) in [6, 6.07) is -0.833. The van der Waals surface area contributed by atoms with Crippen molar-refractivity contribution in [1.82, 2.24) is 0 Å². The molecular formula is CH11N2NaO4S. The summed E-state index contributed by atoms with van der Waals surface area (Å²) in [5, 5.41) is 0.